The quantitative estimate of drug-likeness (QED) is 0.504. The summed E-state index contributed by atoms with van der Waals surface area (Å²) in [6, 6.07) is 6.42. The zero-order chi connectivity index (χ0) is 17.7. The third kappa shape index (κ3) is 2.42. The van der Waals surface area contributed by atoms with E-state index in [2.05, 4.69) is 12.9 Å². The number of halogens is 1. The highest BCUT2D eigenvalue weighted by molar-refractivity contribution is 7.75. The van der Waals surface area contributed by atoms with Crippen molar-refractivity contribution >= 4 is 36.2 Å². The van der Waals surface area contributed by atoms with Crippen LogP contribution in [0.4, 0.5) is 9.18 Å². The van der Waals surface area contributed by atoms with Gasteiger partial charge in [-0.1, -0.05) is 12.1 Å². The maximum atomic E-state index is 13.2. The van der Waals surface area contributed by atoms with Crippen LogP contribution in [-0.4, -0.2) is 35.6 Å². The van der Waals surface area contributed by atoms with Crippen LogP contribution in [0.2, 0.25) is 0 Å². The number of thiol groups is 1. The van der Waals surface area contributed by atoms with Crippen molar-refractivity contribution in [2.24, 2.45) is 0 Å². The number of methoxy groups -OCH3 is 1. The van der Waals surface area contributed by atoms with Gasteiger partial charge in [0, 0.05) is 22.7 Å². The van der Waals surface area contributed by atoms with Gasteiger partial charge >= 0.3 is 12.0 Å². The van der Waals surface area contributed by atoms with Gasteiger partial charge in [-0.25, -0.2) is 18.3 Å². The van der Waals surface area contributed by atoms with Gasteiger partial charge in [0.25, 0.3) is 0 Å². The first-order chi connectivity index (χ1) is 12.0. The molecule has 2 amide bonds. The average molecular weight is 380 g/mol. The Balaban J connectivity index is 1.84. The van der Waals surface area contributed by atoms with Crippen molar-refractivity contribution in [1.29, 1.82) is 0 Å². The minimum Gasteiger partial charge on any atom is -0.467 e. The fraction of sp³-hybridized carbons (Fsp3) is 0.250. The number of rotatable bonds is 3. The molecule has 6 nitrogen and oxygen atoms in total. The van der Waals surface area contributed by atoms with Gasteiger partial charge in [-0.05, 0) is 29.3 Å². The molecule has 2 bridgehead atoms. The molecule has 0 saturated carbocycles. The zero-order valence-electron chi connectivity index (χ0n) is 13.0. The first-order valence-corrected chi connectivity index (χ1v) is 8.62. The first-order valence-electron chi connectivity index (χ1n) is 7.44. The fourth-order valence-electron chi connectivity index (χ4n) is 3.27. The Labute approximate surface area is 152 Å². The number of esters is 1. The van der Waals surface area contributed by atoms with Crippen LogP contribution in [0.3, 0.4) is 0 Å². The van der Waals surface area contributed by atoms with Gasteiger partial charge in [0.1, 0.15) is 11.9 Å². The molecule has 9 heteroatoms. The van der Waals surface area contributed by atoms with E-state index in [1.54, 1.807) is 12.1 Å². The Morgan fingerprint density at radius 3 is 2.72 bits per heavy atom. The molecule has 4 rings (SSSR count). The molecule has 0 aliphatic carbocycles. The number of carbonyl (C=O) groups is 2. The van der Waals surface area contributed by atoms with Gasteiger partial charge in [-0.15, -0.1) is 11.3 Å². The van der Waals surface area contributed by atoms with E-state index < -0.39 is 18.0 Å². The van der Waals surface area contributed by atoms with Crippen LogP contribution in [0, 0.1) is 5.82 Å². The van der Waals surface area contributed by atoms with E-state index in [0.29, 0.717) is 6.54 Å². The minimum absolute atomic E-state index is 0.311. The zero-order valence-corrected chi connectivity index (χ0v) is 14.7. The summed E-state index contributed by atoms with van der Waals surface area (Å²) >= 11 is 5.15. The number of fused-ring (bicyclic) bond motifs is 4. The van der Waals surface area contributed by atoms with Crippen LogP contribution in [-0.2, 0) is 13.8 Å². The molecule has 0 radical (unpaired) electrons. The molecule has 2 aliphatic rings. The van der Waals surface area contributed by atoms with Crippen molar-refractivity contribution in [1.82, 2.24) is 9.96 Å². The molecule has 0 N–H and O–H groups in total. The Kier molecular flexibility index (Phi) is 3.94. The summed E-state index contributed by atoms with van der Waals surface area (Å²) in [7, 11) is 1.29. The van der Waals surface area contributed by atoms with Crippen LogP contribution in [0.25, 0.3) is 10.4 Å². The Morgan fingerprint density at radius 2 is 2.08 bits per heavy atom. The van der Waals surface area contributed by atoms with E-state index in [0.717, 1.165) is 25.9 Å². The number of hydrogen-bond acceptors (Lipinski definition) is 6. The van der Waals surface area contributed by atoms with Gasteiger partial charge in [-0.3, -0.25) is 0 Å². The SMILES string of the molecule is COC(=O)C1c2sc(-c3ccc(F)cc3)cc2C2CN1C(=O)N2OS. The number of benzene rings is 1. The van der Waals surface area contributed by atoms with Crippen LogP contribution in [0.1, 0.15) is 22.5 Å². The normalized spacial score (nSPS) is 21.5. The molecule has 25 heavy (non-hydrogen) atoms. The topological polar surface area (TPSA) is 59.1 Å². The molecule has 2 atom stereocenters. The van der Waals surface area contributed by atoms with Gasteiger partial charge < -0.3 is 9.64 Å². The average Bonchev–Trinajstić information content (AvgIpc) is 3.17. The number of ether oxygens (including phenoxy) is 1. The lowest BCUT2D eigenvalue weighted by Crippen LogP contribution is -2.38. The molecule has 2 unspecified atom stereocenters. The fourth-order valence-corrected chi connectivity index (χ4v) is 4.78. The van der Waals surface area contributed by atoms with Crippen LogP contribution in [0.15, 0.2) is 30.3 Å². The highest BCUT2D eigenvalue weighted by atomic mass is 32.1. The van der Waals surface area contributed by atoms with Gasteiger partial charge in [0.2, 0.25) is 0 Å². The predicted molar refractivity (Wildman–Crippen MR) is 91.2 cm³/mol. The molecule has 1 aromatic heterocycles. The lowest BCUT2D eigenvalue weighted by molar-refractivity contribution is -0.146. The van der Waals surface area contributed by atoms with Crippen molar-refractivity contribution < 1.29 is 23.0 Å². The third-order valence-electron chi connectivity index (χ3n) is 4.44. The molecule has 1 aromatic carbocycles. The predicted octanol–water partition coefficient (Wildman–Crippen LogP) is 3.34. The molecule has 3 heterocycles. The Morgan fingerprint density at radius 1 is 1.36 bits per heavy atom. The Hall–Kier alpha value is -2.10. The maximum Gasteiger partial charge on any atom is 0.346 e. The maximum absolute atomic E-state index is 13.2. The van der Waals surface area contributed by atoms with E-state index in [-0.39, 0.29) is 11.9 Å². The number of nitrogens with zero attached hydrogens (tertiary/aromatic N) is 2. The molecular formula is C16H13FN2O4S2. The number of hydrogen-bond donors (Lipinski definition) is 1. The van der Waals surface area contributed by atoms with Gasteiger partial charge in [0.05, 0.1) is 13.7 Å². The van der Waals surface area contributed by atoms with Crippen molar-refractivity contribution in [2.75, 3.05) is 13.7 Å². The van der Waals surface area contributed by atoms with E-state index in [1.807, 2.05) is 6.07 Å². The number of hydroxylamine groups is 2. The second-order valence-electron chi connectivity index (χ2n) is 5.72. The first kappa shape index (κ1) is 16.4. The summed E-state index contributed by atoms with van der Waals surface area (Å²) in [4.78, 5) is 27.8. The van der Waals surface area contributed by atoms with Crippen molar-refractivity contribution in [3.05, 3.63) is 46.6 Å². The highest BCUT2D eigenvalue weighted by Gasteiger charge is 2.52. The van der Waals surface area contributed by atoms with E-state index in [4.69, 9.17) is 9.02 Å². The lowest BCUT2D eigenvalue weighted by Gasteiger charge is -2.28. The number of carbonyl (C=O) groups excluding carboxylic acids is 2. The minimum atomic E-state index is -0.823. The summed E-state index contributed by atoms with van der Waals surface area (Å²) in [5.74, 6) is -0.829. The van der Waals surface area contributed by atoms with Crippen LogP contribution < -0.4 is 0 Å². The standard InChI is InChI=1S/C16H13FN2O4S2/c1-22-15(20)13-14-10(11-7-18(13)16(21)19(11)23-24)6-12(25-14)8-2-4-9(17)5-3-8/h2-6,11,13,24H,7H2,1H3. The summed E-state index contributed by atoms with van der Waals surface area (Å²) in [5.41, 5.74) is 1.65. The molecule has 1 saturated heterocycles. The number of amides is 2. The molecule has 1 fully saturated rings. The van der Waals surface area contributed by atoms with Crippen molar-refractivity contribution in [2.45, 2.75) is 12.1 Å². The monoisotopic (exact) mass is 380 g/mol. The summed E-state index contributed by atoms with van der Waals surface area (Å²) in [5, 5.41) is 1.14. The second-order valence-corrected chi connectivity index (χ2v) is 6.97. The third-order valence-corrected chi connectivity index (χ3v) is 5.87. The molecular weight excluding hydrogens is 367 g/mol. The van der Waals surface area contributed by atoms with Crippen LogP contribution >= 0.6 is 24.2 Å². The van der Waals surface area contributed by atoms with Crippen molar-refractivity contribution in [3.8, 4) is 10.4 Å². The van der Waals surface area contributed by atoms with Crippen LogP contribution in [0.5, 0.6) is 0 Å². The van der Waals surface area contributed by atoms with Gasteiger partial charge in [0.15, 0.2) is 6.04 Å². The van der Waals surface area contributed by atoms with E-state index in [9.17, 15) is 14.0 Å². The molecule has 2 aromatic rings. The molecule has 2 aliphatic heterocycles. The smallest absolute Gasteiger partial charge is 0.346 e. The van der Waals surface area contributed by atoms with Crippen molar-refractivity contribution in [3.63, 3.8) is 0 Å². The number of urea groups is 1. The number of thiophene rings is 1. The summed E-state index contributed by atoms with van der Waals surface area (Å²) in [6.07, 6.45) is 0. The summed E-state index contributed by atoms with van der Waals surface area (Å²) < 4.78 is 23.0. The lowest BCUT2D eigenvalue weighted by atomic mass is 9.98. The summed E-state index contributed by atoms with van der Waals surface area (Å²) in [6.45, 7) is 0.311. The van der Waals surface area contributed by atoms with E-state index in [1.165, 1.54) is 35.5 Å². The van der Waals surface area contributed by atoms with E-state index >= 15 is 0 Å². The molecule has 0 spiro atoms. The second kappa shape index (κ2) is 6.01. The van der Waals surface area contributed by atoms with Gasteiger partial charge in [-0.2, -0.15) is 5.06 Å². The largest absolute Gasteiger partial charge is 0.467 e. The highest BCUT2D eigenvalue weighted by Crippen LogP contribution is 2.49. The Bertz CT molecular complexity index is 854. The molecule has 130 valence electrons.